The highest BCUT2D eigenvalue weighted by Crippen LogP contribution is 1.94. The lowest BCUT2D eigenvalue weighted by Crippen LogP contribution is -2.45. The van der Waals surface area contributed by atoms with E-state index in [0.717, 1.165) is 0 Å². The Labute approximate surface area is 46.6 Å². The molecule has 0 spiro atoms. The van der Waals surface area contributed by atoms with Crippen molar-refractivity contribution in [1.29, 1.82) is 0 Å². The Hall–Kier alpha value is -1.25. The molecule has 3 heteroatoms. The van der Waals surface area contributed by atoms with Gasteiger partial charge in [-0.25, -0.2) is 0 Å². The molecule has 0 fully saturated rings. The molecule has 0 unspecified atom stereocenters. The van der Waals surface area contributed by atoms with Crippen LogP contribution >= 0.6 is 0 Å². The van der Waals surface area contributed by atoms with Gasteiger partial charge >= 0.3 is 5.84 Å². The molecule has 1 aromatic rings. The molecular formula is C5H7N2O+. The summed E-state index contributed by atoms with van der Waals surface area (Å²) in [6.07, 6.45) is 1.52. The zero-order valence-electron chi connectivity index (χ0n) is 4.29. The third kappa shape index (κ3) is 0.703. The van der Waals surface area contributed by atoms with E-state index in [2.05, 4.69) is 0 Å². The van der Waals surface area contributed by atoms with E-state index < -0.39 is 0 Å². The van der Waals surface area contributed by atoms with Crippen LogP contribution in [0.1, 0.15) is 5.76 Å². The molecule has 1 heterocycles. The first-order valence-electron chi connectivity index (χ1n) is 2.22. The summed E-state index contributed by atoms with van der Waals surface area (Å²) in [6.45, 7) is 0. The van der Waals surface area contributed by atoms with Gasteiger partial charge in [-0.15, -0.1) is 0 Å². The third-order valence-electron chi connectivity index (χ3n) is 0.806. The van der Waals surface area contributed by atoms with Gasteiger partial charge in [0.25, 0.3) is 0 Å². The Morgan fingerprint density at radius 1 is 1.75 bits per heavy atom. The largest absolute Gasteiger partial charge is 0.456 e. The van der Waals surface area contributed by atoms with Crippen molar-refractivity contribution in [1.82, 2.24) is 0 Å². The Morgan fingerprint density at radius 3 is 2.75 bits per heavy atom. The highest BCUT2D eigenvalue weighted by Gasteiger charge is 2.00. The van der Waals surface area contributed by atoms with Gasteiger partial charge in [-0.05, 0) is 12.1 Å². The van der Waals surface area contributed by atoms with Crippen molar-refractivity contribution in [3.63, 3.8) is 0 Å². The molecule has 0 atom stereocenters. The lowest BCUT2D eigenvalue weighted by molar-refractivity contribution is -0.115. The molecule has 0 saturated heterocycles. The first-order valence-corrected chi connectivity index (χ1v) is 2.22. The van der Waals surface area contributed by atoms with E-state index in [1.807, 2.05) is 0 Å². The fraction of sp³-hybridized carbons (Fsp3) is 0. The van der Waals surface area contributed by atoms with Gasteiger partial charge in [-0.1, -0.05) is 0 Å². The maximum atomic E-state index is 5.16. The van der Waals surface area contributed by atoms with Gasteiger partial charge < -0.3 is 4.42 Å². The monoisotopic (exact) mass is 111 g/mol. The van der Waals surface area contributed by atoms with Crippen molar-refractivity contribution < 1.29 is 9.83 Å². The predicted octanol–water partition coefficient (Wildman–Crippen LogP) is -1.26. The SMILES string of the molecule is NC(=[NH2+])c1ccco1. The maximum Gasteiger partial charge on any atom is 0.306 e. The summed E-state index contributed by atoms with van der Waals surface area (Å²) >= 11 is 0. The minimum absolute atomic E-state index is 0.218. The van der Waals surface area contributed by atoms with E-state index in [0.29, 0.717) is 5.76 Å². The topological polar surface area (TPSA) is 64.8 Å². The van der Waals surface area contributed by atoms with Crippen molar-refractivity contribution in [3.05, 3.63) is 24.2 Å². The van der Waals surface area contributed by atoms with Crippen molar-refractivity contribution in [2.24, 2.45) is 5.73 Å². The second kappa shape index (κ2) is 1.69. The first-order chi connectivity index (χ1) is 3.80. The van der Waals surface area contributed by atoms with Gasteiger partial charge in [0.15, 0.2) is 0 Å². The van der Waals surface area contributed by atoms with Crippen LogP contribution in [0.25, 0.3) is 0 Å². The van der Waals surface area contributed by atoms with Crippen LogP contribution in [0.5, 0.6) is 0 Å². The molecule has 0 bridgehead atoms. The second-order valence-corrected chi connectivity index (χ2v) is 1.43. The molecule has 0 saturated carbocycles. The molecule has 42 valence electrons. The second-order valence-electron chi connectivity index (χ2n) is 1.43. The summed E-state index contributed by atoms with van der Waals surface area (Å²) < 4.78 is 4.81. The molecule has 0 aliphatic carbocycles. The summed E-state index contributed by atoms with van der Waals surface area (Å²) in [4.78, 5) is 0. The summed E-state index contributed by atoms with van der Waals surface area (Å²) in [5.74, 6) is 0.750. The van der Waals surface area contributed by atoms with Crippen LogP contribution in [-0.2, 0) is 0 Å². The number of furan rings is 1. The zero-order chi connectivity index (χ0) is 5.98. The number of nitrogens with two attached hydrogens (primary N) is 2. The zero-order valence-corrected chi connectivity index (χ0v) is 4.29. The van der Waals surface area contributed by atoms with Crippen LogP contribution in [0.15, 0.2) is 22.8 Å². The van der Waals surface area contributed by atoms with Crippen molar-refractivity contribution in [2.45, 2.75) is 0 Å². The van der Waals surface area contributed by atoms with Crippen LogP contribution in [0.2, 0.25) is 0 Å². The molecule has 0 aliphatic heterocycles. The summed E-state index contributed by atoms with van der Waals surface area (Å²) in [5, 5.41) is 5.16. The maximum absolute atomic E-state index is 5.16. The number of hydrogen-bond acceptors (Lipinski definition) is 1. The Morgan fingerprint density at radius 2 is 2.50 bits per heavy atom. The van der Waals surface area contributed by atoms with Crippen molar-refractivity contribution >= 4 is 5.84 Å². The van der Waals surface area contributed by atoms with Gasteiger partial charge in [-0.2, -0.15) is 0 Å². The molecule has 1 aromatic heterocycles. The predicted molar refractivity (Wildman–Crippen MR) is 28.9 cm³/mol. The van der Waals surface area contributed by atoms with Crippen molar-refractivity contribution in [3.8, 4) is 0 Å². The Bertz CT molecular complexity index is 178. The average molecular weight is 111 g/mol. The van der Waals surface area contributed by atoms with E-state index >= 15 is 0 Å². The lowest BCUT2D eigenvalue weighted by Gasteiger charge is -1.78. The number of amidine groups is 1. The molecule has 0 radical (unpaired) electrons. The third-order valence-corrected chi connectivity index (χ3v) is 0.806. The van der Waals surface area contributed by atoms with E-state index in [4.69, 9.17) is 15.6 Å². The van der Waals surface area contributed by atoms with E-state index in [-0.39, 0.29) is 5.84 Å². The van der Waals surface area contributed by atoms with Crippen molar-refractivity contribution in [2.75, 3.05) is 0 Å². The van der Waals surface area contributed by atoms with E-state index in [1.54, 1.807) is 12.1 Å². The smallest absolute Gasteiger partial charge is 0.306 e. The quantitative estimate of drug-likeness (QED) is 0.351. The average Bonchev–Trinajstić information content (AvgIpc) is 2.12. The van der Waals surface area contributed by atoms with Crippen LogP contribution < -0.4 is 11.1 Å². The molecule has 4 N–H and O–H groups in total. The molecule has 1 rings (SSSR count). The fourth-order valence-corrected chi connectivity index (χ4v) is 0.443. The van der Waals surface area contributed by atoms with E-state index in [1.165, 1.54) is 6.26 Å². The summed E-state index contributed by atoms with van der Waals surface area (Å²) in [7, 11) is 0. The van der Waals surface area contributed by atoms with Crippen LogP contribution in [0, 0.1) is 0 Å². The van der Waals surface area contributed by atoms with Gasteiger partial charge in [0.05, 0.1) is 6.26 Å². The van der Waals surface area contributed by atoms with Crippen LogP contribution in [-0.4, -0.2) is 5.84 Å². The van der Waals surface area contributed by atoms with Gasteiger partial charge in [0, 0.05) is 0 Å². The molecule has 0 aromatic carbocycles. The molecule has 8 heavy (non-hydrogen) atoms. The first kappa shape index (κ1) is 4.90. The summed E-state index contributed by atoms with van der Waals surface area (Å²) in [5.41, 5.74) is 5.16. The normalized spacial score (nSPS) is 9.00. The molecule has 0 amide bonds. The fourth-order valence-electron chi connectivity index (χ4n) is 0.443. The molecule has 0 aliphatic rings. The highest BCUT2D eigenvalue weighted by molar-refractivity contribution is 5.89. The Kier molecular flexibility index (Phi) is 1.04. The van der Waals surface area contributed by atoms with Crippen LogP contribution in [0.3, 0.4) is 0 Å². The van der Waals surface area contributed by atoms with Gasteiger partial charge in [0.2, 0.25) is 5.76 Å². The highest BCUT2D eigenvalue weighted by atomic mass is 16.3. The van der Waals surface area contributed by atoms with E-state index in [9.17, 15) is 0 Å². The Balaban J connectivity index is 2.93. The molecule has 3 nitrogen and oxygen atoms in total. The lowest BCUT2D eigenvalue weighted by atomic mass is 10.4. The standard InChI is InChI=1S/C5H6N2O/c6-5(7)4-2-1-3-8-4/h1-3H,(H3,6,7)/p+1. The minimum atomic E-state index is 0.218. The number of rotatable bonds is 1. The molecular weight excluding hydrogens is 104 g/mol. The van der Waals surface area contributed by atoms with Gasteiger partial charge in [0.1, 0.15) is 0 Å². The van der Waals surface area contributed by atoms with Crippen LogP contribution in [0.4, 0.5) is 0 Å². The van der Waals surface area contributed by atoms with Gasteiger partial charge in [-0.3, -0.25) is 11.1 Å². The minimum Gasteiger partial charge on any atom is -0.456 e. The number of hydrogen-bond donors (Lipinski definition) is 2. The summed E-state index contributed by atoms with van der Waals surface area (Å²) in [6, 6.07) is 3.43.